The van der Waals surface area contributed by atoms with Crippen molar-refractivity contribution in [3.8, 4) is 0 Å². The number of aryl methyl sites for hydroxylation is 2. The van der Waals surface area contributed by atoms with Crippen LogP contribution in [0, 0.1) is 13.8 Å². The van der Waals surface area contributed by atoms with Crippen LogP contribution in [0.25, 0.3) is 0 Å². The normalized spacial score (nSPS) is 20.4. The lowest BCUT2D eigenvalue weighted by Crippen LogP contribution is -2.36. The molecule has 0 saturated carbocycles. The SMILES string of the molecule is Cc1noc(C)c1B1OCC(C)(C)O1. The molecule has 4 nitrogen and oxygen atoms in total. The Balaban J connectivity index is 2.25. The molecular formula is C9H14BNO3. The zero-order valence-electron chi connectivity index (χ0n) is 8.96. The average molecular weight is 195 g/mol. The van der Waals surface area contributed by atoms with Gasteiger partial charge in [-0.3, -0.25) is 0 Å². The van der Waals surface area contributed by atoms with Crippen LogP contribution in [-0.4, -0.2) is 24.5 Å². The molecule has 1 saturated heterocycles. The van der Waals surface area contributed by atoms with Gasteiger partial charge in [-0.15, -0.1) is 0 Å². The molecular weight excluding hydrogens is 181 g/mol. The van der Waals surface area contributed by atoms with E-state index in [-0.39, 0.29) is 12.7 Å². The molecule has 1 aromatic heterocycles. The first-order valence-electron chi connectivity index (χ1n) is 4.72. The van der Waals surface area contributed by atoms with Crippen LogP contribution in [0.2, 0.25) is 0 Å². The Bertz CT molecular complexity index is 328. The van der Waals surface area contributed by atoms with Gasteiger partial charge in [0, 0.05) is 5.46 Å². The Kier molecular flexibility index (Phi) is 2.16. The van der Waals surface area contributed by atoms with Gasteiger partial charge >= 0.3 is 7.12 Å². The molecule has 0 atom stereocenters. The van der Waals surface area contributed by atoms with E-state index in [1.54, 1.807) is 0 Å². The fourth-order valence-electron chi connectivity index (χ4n) is 1.60. The largest absolute Gasteiger partial charge is 0.500 e. The van der Waals surface area contributed by atoms with Crippen molar-refractivity contribution in [1.82, 2.24) is 5.16 Å². The average Bonchev–Trinajstić information content (AvgIpc) is 2.56. The van der Waals surface area contributed by atoms with Gasteiger partial charge in [0.05, 0.1) is 17.9 Å². The fourth-order valence-corrected chi connectivity index (χ4v) is 1.60. The molecule has 0 aromatic carbocycles. The highest BCUT2D eigenvalue weighted by atomic mass is 16.7. The summed E-state index contributed by atoms with van der Waals surface area (Å²) in [5.41, 5.74) is 1.54. The van der Waals surface area contributed by atoms with E-state index < -0.39 is 0 Å². The third-order valence-electron chi connectivity index (χ3n) is 2.33. The summed E-state index contributed by atoms with van der Waals surface area (Å²) in [5, 5.41) is 3.87. The predicted molar refractivity (Wildman–Crippen MR) is 52.5 cm³/mol. The van der Waals surface area contributed by atoms with Crippen molar-refractivity contribution in [3.63, 3.8) is 0 Å². The first kappa shape index (κ1) is 9.74. The number of rotatable bonds is 1. The highest BCUT2D eigenvalue weighted by molar-refractivity contribution is 6.62. The molecule has 0 radical (unpaired) electrons. The smallest absolute Gasteiger partial charge is 0.404 e. The zero-order valence-corrected chi connectivity index (χ0v) is 8.96. The predicted octanol–water partition coefficient (Wildman–Crippen LogP) is 0.812. The van der Waals surface area contributed by atoms with Crippen molar-refractivity contribution in [2.45, 2.75) is 33.3 Å². The molecule has 1 aliphatic rings. The number of hydrogen-bond donors (Lipinski definition) is 0. The maximum Gasteiger partial charge on any atom is 0.500 e. The Hall–Kier alpha value is -0.805. The molecule has 0 amide bonds. The molecule has 0 spiro atoms. The Morgan fingerprint density at radius 2 is 2.07 bits per heavy atom. The number of aromatic nitrogens is 1. The molecule has 1 fully saturated rings. The summed E-state index contributed by atoms with van der Waals surface area (Å²) < 4.78 is 16.4. The summed E-state index contributed by atoms with van der Waals surface area (Å²) >= 11 is 0. The molecule has 0 N–H and O–H groups in total. The van der Waals surface area contributed by atoms with E-state index in [0.29, 0.717) is 6.61 Å². The van der Waals surface area contributed by atoms with E-state index in [2.05, 4.69) is 5.16 Å². The van der Waals surface area contributed by atoms with E-state index >= 15 is 0 Å². The van der Waals surface area contributed by atoms with Crippen LogP contribution in [0.3, 0.4) is 0 Å². The van der Waals surface area contributed by atoms with E-state index in [1.165, 1.54) is 0 Å². The van der Waals surface area contributed by atoms with Crippen LogP contribution in [0.4, 0.5) is 0 Å². The second-order valence-corrected chi connectivity index (χ2v) is 4.26. The molecule has 14 heavy (non-hydrogen) atoms. The first-order chi connectivity index (χ1) is 6.49. The van der Waals surface area contributed by atoms with Crippen molar-refractivity contribution in [3.05, 3.63) is 11.5 Å². The quantitative estimate of drug-likeness (QED) is 0.622. The second-order valence-electron chi connectivity index (χ2n) is 4.26. The Labute approximate surface area is 83.7 Å². The second kappa shape index (κ2) is 3.10. The maximum atomic E-state index is 5.73. The van der Waals surface area contributed by atoms with Gasteiger partial charge in [0.15, 0.2) is 0 Å². The summed E-state index contributed by atoms with van der Waals surface area (Å²) in [6.07, 6.45) is 0. The minimum Gasteiger partial charge on any atom is -0.404 e. The minimum absolute atomic E-state index is 0.221. The van der Waals surface area contributed by atoms with Gasteiger partial charge in [-0.2, -0.15) is 0 Å². The Morgan fingerprint density at radius 1 is 1.36 bits per heavy atom. The van der Waals surface area contributed by atoms with Crippen molar-refractivity contribution in [2.75, 3.05) is 6.61 Å². The maximum absolute atomic E-state index is 5.73. The topological polar surface area (TPSA) is 44.5 Å². The number of hydrogen-bond acceptors (Lipinski definition) is 4. The Morgan fingerprint density at radius 3 is 2.50 bits per heavy atom. The minimum atomic E-state index is -0.323. The molecule has 0 unspecified atom stereocenters. The lowest BCUT2D eigenvalue weighted by molar-refractivity contribution is 0.137. The summed E-state index contributed by atoms with van der Waals surface area (Å²) in [6, 6.07) is 0. The molecule has 1 aliphatic heterocycles. The van der Waals surface area contributed by atoms with Crippen LogP contribution in [0.15, 0.2) is 4.52 Å². The van der Waals surface area contributed by atoms with Crippen LogP contribution in [-0.2, 0) is 9.31 Å². The van der Waals surface area contributed by atoms with Crippen LogP contribution in [0.1, 0.15) is 25.3 Å². The van der Waals surface area contributed by atoms with Gasteiger partial charge in [0.1, 0.15) is 5.76 Å². The summed E-state index contributed by atoms with van der Waals surface area (Å²) in [5.74, 6) is 0.769. The molecule has 76 valence electrons. The van der Waals surface area contributed by atoms with Crippen molar-refractivity contribution >= 4 is 12.6 Å². The molecule has 1 aromatic rings. The van der Waals surface area contributed by atoms with Crippen LogP contribution in [0.5, 0.6) is 0 Å². The van der Waals surface area contributed by atoms with E-state index in [0.717, 1.165) is 16.9 Å². The first-order valence-corrected chi connectivity index (χ1v) is 4.72. The van der Waals surface area contributed by atoms with Crippen LogP contribution >= 0.6 is 0 Å². The van der Waals surface area contributed by atoms with Crippen LogP contribution < -0.4 is 5.46 Å². The lowest BCUT2D eigenvalue weighted by atomic mass is 9.78. The van der Waals surface area contributed by atoms with Gasteiger partial charge in [0.2, 0.25) is 0 Å². The lowest BCUT2D eigenvalue weighted by Gasteiger charge is -2.15. The highest BCUT2D eigenvalue weighted by Gasteiger charge is 2.41. The van der Waals surface area contributed by atoms with Gasteiger partial charge < -0.3 is 13.8 Å². The van der Waals surface area contributed by atoms with Gasteiger partial charge in [-0.25, -0.2) is 0 Å². The van der Waals surface area contributed by atoms with E-state index in [9.17, 15) is 0 Å². The van der Waals surface area contributed by atoms with Gasteiger partial charge in [-0.1, -0.05) is 5.16 Å². The molecule has 2 heterocycles. The summed E-state index contributed by atoms with van der Waals surface area (Å²) in [6.45, 7) is 8.37. The van der Waals surface area contributed by atoms with E-state index in [4.69, 9.17) is 13.8 Å². The molecule has 2 rings (SSSR count). The third kappa shape index (κ3) is 1.57. The molecule has 0 aliphatic carbocycles. The summed E-state index contributed by atoms with van der Waals surface area (Å²) in [4.78, 5) is 0. The van der Waals surface area contributed by atoms with Gasteiger partial charge in [0.25, 0.3) is 0 Å². The molecule has 5 heteroatoms. The van der Waals surface area contributed by atoms with Crippen molar-refractivity contribution in [1.29, 1.82) is 0 Å². The van der Waals surface area contributed by atoms with Gasteiger partial charge in [-0.05, 0) is 27.7 Å². The number of nitrogens with zero attached hydrogens (tertiary/aromatic N) is 1. The standard InChI is InChI=1S/C9H14BNO3/c1-6-8(7(2)13-11-6)10-12-5-9(3,4)14-10/h5H2,1-4H3. The molecule has 0 bridgehead atoms. The highest BCUT2D eigenvalue weighted by Crippen LogP contribution is 2.20. The van der Waals surface area contributed by atoms with E-state index in [1.807, 2.05) is 27.7 Å². The zero-order chi connectivity index (χ0) is 10.3. The van der Waals surface area contributed by atoms with Crippen molar-refractivity contribution in [2.24, 2.45) is 0 Å². The fraction of sp³-hybridized carbons (Fsp3) is 0.667. The third-order valence-corrected chi connectivity index (χ3v) is 2.33. The van der Waals surface area contributed by atoms with Crippen molar-refractivity contribution < 1.29 is 13.8 Å². The summed E-state index contributed by atoms with van der Waals surface area (Å²) in [7, 11) is -0.323. The monoisotopic (exact) mass is 195 g/mol.